The zero-order valence-corrected chi connectivity index (χ0v) is 16.6. The molecule has 3 aromatic carbocycles. The van der Waals surface area contributed by atoms with Gasteiger partial charge in [0.05, 0.1) is 6.04 Å². The van der Waals surface area contributed by atoms with Crippen molar-refractivity contribution in [3.8, 4) is 0 Å². The van der Waals surface area contributed by atoms with Gasteiger partial charge in [-0.05, 0) is 53.1 Å². The van der Waals surface area contributed by atoms with Gasteiger partial charge in [-0.15, -0.1) is 0 Å². The highest BCUT2D eigenvalue weighted by Crippen LogP contribution is 2.39. The van der Waals surface area contributed by atoms with Crippen molar-refractivity contribution < 1.29 is 9.90 Å². The molecular formula is C22H18Cl2N2O2. The molecule has 0 radical (unpaired) electrons. The summed E-state index contributed by atoms with van der Waals surface area (Å²) in [6, 6.07) is 19.6. The number of carbonyl (C=O) groups is 1. The number of aliphatic hydroxyl groups is 1. The highest BCUT2D eigenvalue weighted by molar-refractivity contribution is 6.30. The number of nitrogens with one attached hydrogen (secondary N) is 1. The van der Waals surface area contributed by atoms with Gasteiger partial charge in [-0.25, -0.2) is 4.79 Å². The van der Waals surface area contributed by atoms with Crippen molar-refractivity contribution in [1.82, 2.24) is 4.90 Å². The number of aliphatic hydroxyl groups excluding tert-OH is 1. The average molecular weight is 413 g/mol. The molecular weight excluding hydrogens is 395 g/mol. The number of rotatable bonds is 3. The highest BCUT2D eigenvalue weighted by Gasteiger charge is 2.31. The van der Waals surface area contributed by atoms with Crippen molar-refractivity contribution in [3.05, 3.63) is 99.0 Å². The van der Waals surface area contributed by atoms with E-state index in [9.17, 15) is 9.90 Å². The molecule has 2 unspecified atom stereocenters. The molecule has 3 aromatic rings. The Balaban J connectivity index is 1.79. The Morgan fingerprint density at radius 2 is 1.68 bits per heavy atom. The van der Waals surface area contributed by atoms with Gasteiger partial charge in [-0.1, -0.05) is 53.5 Å². The van der Waals surface area contributed by atoms with Gasteiger partial charge in [-0.2, -0.15) is 0 Å². The first-order valence-corrected chi connectivity index (χ1v) is 9.56. The van der Waals surface area contributed by atoms with Crippen LogP contribution in [-0.2, 0) is 0 Å². The van der Waals surface area contributed by atoms with Crippen molar-refractivity contribution in [2.24, 2.45) is 0 Å². The predicted molar refractivity (Wildman–Crippen MR) is 112 cm³/mol. The van der Waals surface area contributed by atoms with E-state index in [-0.39, 0.29) is 12.1 Å². The number of halogens is 2. The van der Waals surface area contributed by atoms with E-state index in [2.05, 4.69) is 5.32 Å². The normalized spacial score (nSPS) is 17.1. The number of carbonyl (C=O) groups excluding carboxylic acids is 1. The predicted octanol–water partition coefficient (Wildman–Crippen LogP) is 5.64. The van der Waals surface area contributed by atoms with Gasteiger partial charge in [0.2, 0.25) is 0 Å². The molecule has 1 aliphatic heterocycles. The van der Waals surface area contributed by atoms with Crippen LogP contribution in [0.5, 0.6) is 0 Å². The third-order valence-electron chi connectivity index (χ3n) is 4.99. The molecule has 2 atom stereocenters. The minimum absolute atomic E-state index is 0.191. The first-order valence-electron chi connectivity index (χ1n) is 8.80. The standard InChI is InChI=1S/C22H18Cl2N2O2/c1-26-20(14-3-2-4-17(24)11-14)18-12-15(7-10-19(18)25-22(26)28)21(27)13-5-8-16(23)9-6-13/h2-12,20-21,27H,1H3,(H,25,28). The largest absolute Gasteiger partial charge is 0.384 e. The van der Waals surface area contributed by atoms with Gasteiger partial charge >= 0.3 is 6.03 Å². The van der Waals surface area contributed by atoms with Crippen LogP contribution in [0.2, 0.25) is 10.0 Å². The summed E-state index contributed by atoms with van der Waals surface area (Å²) in [5.41, 5.74) is 4.01. The second-order valence-electron chi connectivity index (χ2n) is 6.80. The number of benzene rings is 3. The molecule has 0 bridgehead atoms. The maximum absolute atomic E-state index is 12.4. The van der Waals surface area contributed by atoms with Gasteiger partial charge in [0.1, 0.15) is 6.10 Å². The molecule has 1 heterocycles. The third kappa shape index (κ3) is 3.47. The first-order chi connectivity index (χ1) is 13.4. The lowest BCUT2D eigenvalue weighted by atomic mass is 9.90. The SMILES string of the molecule is CN1C(=O)Nc2ccc(C(O)c3ccc(Cl)cc3)cc2C1c1cccc(Cl)c1. The van der Waals surface area contributed by atoms with Crippen molar-refractivity contribution in [2.75, 3.05) is 12.4 Å². The Kier molecular flexibility index (Phi) is 5.02. The van der Waals surface area contributed by atoms with E-state index in [1.807, 2.05) is 36.4 Å². The molecule has 0 aliphatic carbocycles. The van der Waals surface area contributed by atoms with Crippen LogP contribution >= 0.6 is 23.2 Å². The average Bonchev–Trinajstić information content (AvgIpc) is 2.69. The minimum atomic E-state index is -0.800. The molecule has 2 amide bonds. The van der Waals surface area contributed by atoms with E-state index in [4.69, 9.17) is 23.2 Å². The molecule has 0 aromatic heterocycles. The summed E-state index contributed by atoms with van der Waals surface area (Å²) in [7, 11) is 1.74. The zero-order valence-electron chi connectivity index (χ0n) is 15.1. The van der Waals surface area contributed by atoms with Gasteiger partial charge in [0.25, 0.3) is 0 Å². The number of hydrogen-bond acceptors (Lipinski definition) is 2. The smallest absolute Gasteiger partial charge is 0.322 e. The minimum Gasteiger partial charge on any atom is -0.384 e. The van der Waals surface area contributed by atoms with Crippen LogP contribution in [0, 0.1) is 0 Å². The van der Waals surface area contributed by atoms with Gasteiger partial charge in [-0.3, -0.25) is 0 Å². The summed E-state index contributed by atoms with van der Waals surface area (Å²) in [5, 5.41) is 15.0. The second-order valence-corrected chi connectivity index (χ2v) is 7.67. The maximum atomic E-state index is 12.4. The number of hydrogen-bond donors (Lipinski definition) is 2. The molecule has 28 heavy (non-hydrogen) atoms. The monoisotopic (exact) mass is 412 g/mol. The molecule has 4 rings (SSSR count). The number of anilines is 1. The van der Waals surface area contributed by atoms with E-state index in [0.29, 0.717) is 10.0 Å². The number of fused-ring (bicyclic) bond motifs is 1. The quantitative estimate of drug-likeness (QED) is 0.584. The van der Waals surface area contributed by atoms with Crippen LogP contribution in [0.1, 0.15) is 34.4 Å². The summed E-state index contributed by atoms with van der Waals surface area (Å²) in [5.74, 6) is 0. The molecule has 2 N–H and O–H groups in total. The third-order valence-corrected chi connectivity index (χ3v) is 5.47. The summed E-state index contributed by atoms with van der Waals surface area (Å²) >= 11 is 12.1. The van der Waals surface area contributed by atoms with E-state index < -0.39 is 6.10 Å². The fourth-order valence-electron chi connectivity index (χ4n) is 3.54. The molecule has 0 fully saturated rings. The molecule has 4 nitrogen and oxygen atoms in total. The Bertz CT molecular complexity index is 1040. The lowest BCUT2D eigenvalue weighted by molar-refractivity contribution is 0.208. The highest BCUT2D eigenvalue weighted by atomic mass is 35.5. The Hall–Kier alpha value is -2.53. The van der Waals surface area contributed by atoms with Crippen molar-refractivity contribution >= 4 is 34.9 Å². The van der Waals surface area contributed by atoms with Crippen molar-refractivity contribution in [2.45, 2.75) is 12.1 Å². The molecule has 0 saturated heterocycles. The van der Waals surface area contributed by atoms with Crippen LogP contribution < -0.4 is 5.32 Å². The second kappa shape index (κ2) is 7.47. The Morgan fingerprint density at radius 3 is 2.39 bits per heavy atom. The molecule has 1 aliphatic rings. The lowest BCUT2D eigenvalue weighted by Crippen LogP contribution is -2.40. The van der Waals surface area contributed by atoms with E-state index in [1.165, 1.54) is 0 Å². The molecule has 0 spiro atoms. The van der Waals surface area contributed by atoms with E-state index in [1.54, 1.807) is 42.3 Å². The van der Waals surface area contributed by atoms with Crippen LogP contribution in [-0.4, -0.2) is 23.1 Å². The number of amides is 2. The summed E-state index contributed by atoms with van der Waals surface area (Å²) in [6.07, 6.45) is -0.800. The van der Waals surface area contributed by atoms with Crippen LogP contribution in [0.3, 0.4) is 0 Å². The zero-order chi connectivity index (χ0) is 19.8. The van der Waals surface area contributed by atoms with Crippen molar-refractivity contribution in [3.63, 3.8) is 0 Å². The molecule has 0 saturated carbocycles. The van der Waals surface area contributed by atoms with E-state index >= 15 is 0 Å². The maximum Gasteiger partial charge on any atom is 0.322 e. The van der Waals surface area contributed by atoms with Crippen LogP contribution in [0.15, 0.2) is 66.7 Å². The summed E-state index contributed by atoms with van der Waals surface area (Å²) < 4.78 is 0. The summed E-state index contributed by atoms with van der Waals surface area (Å²) in [6.45, 7) is 0. The van der Waals surface area contributed by atoms with Crippen molar-refractivity contribution in [1.29, 1.82) is 0 Å². The first kappa shape index (κ1) is 18.8. The van der Waals surface area contributed by atoms with Crippen LogP contribution in [0.4, 0.5) is 10.5 Å². The Morgan fingerprint density at radius 1 is 0.964 bits per heavy atom. The molecule has 6 heteroatoms. The van der Waals surface area contributed by atoms with Gasteiger partial charge < -0.3 is 15.3 Å². The van der Waals surface area contributed by atoms with Gasteiger partial charge in [0.15, 0.2) is 0 Å². The fraction of sp³-hybridized carbons (Fsp3) is 0.136. The fourth-order valence-corrected chi connectivity index (χ4v) is 3.86. The molecule has 142 valence electrons. The van der Waals surface area contributed by atoms with E-state index in [0.717, 1.165) is 27.9 Å². The summed E-state index contributed by atoms with van der Waals surface area (Å²) in [4.78, 5) is 14.0. The number of nitrogens with zero attached hydrogens (tertiary/aromatic N) is 1. The number of urea groups is 1. The lowest BCUT2D eigenvalue weighted by Gasteiger charge is -2.35. The topological polar surface area (TPSA) is 52.6 Å². The Labute approximate surface area is 173 Å². The van der Waals surface area contributed by atoms with Crippen LogP contribution in [0.25, 0.3) is 0 Å². The van der Waals surface area contributed by atoms with Gasteiger partial charge in [0, 0.05) is 28.3 Å².